The molecule has 2 aromatic rings. The molecule has 19 heavy (non-hydrogen) atoms. The summed E-state index contributed by atoms with van der Waals surface area (Å²) in [5.41, 5.74) is 1.91. The number of nitrogens with zero attached hydrogens (tertiary/aromatic N) is 1. The monoisotopic (exact) mass is 260 g/mol. The van der Waals surface area contributed by atoms with Crippen molar-refractivity contribution in [3.63, 3.8) is 0 Å². The van der Waals surface area contributed by atoms with E-state index in [9.17, 15) is 0 Å². The van der Waals surface area contributed by atoms with Gasteiger partial charge in [-0.05, 0) is 19.1 Å². The van der Waals surface area contributed by atoms with Crippen LogP contribution in [-0.4, -0.2) is 31.9 Å². The molecule has 1 N–H and O–H groups in total. The van der Waals surface area contributed by atoms with E-state index >= 15 is 0 Å². The molecule has 0 spiro atoms. The Morgan fingerprint density at radius 2 is 2.05 bits per heavy atom. The average molecular weight is 260 g/mol. The Morgan fingerprint density at radius 3 is 2.79 bits per heavy atom. The standard InChI is InChI=1S/C15H20N2O2/c1-11(18-2)9-16-10-13-8-7-12-5-4-6-14(19-3)15(12)17-13/h4-8,11,16H,9-10H2,1-3H3. The SMILES string of the molecule is COc1cccc2ccc(CNCC(C)OC)nc12. The highest BCUT2D eigenvalue weighted by Crippen LogP contribution is 2.23. The summed E-state index contributed by atoms with van der Waals surface area (Å²) in [6, 6.07) is 10.0. The Kier molecular flexibility index (Phi) is 4.71. The van der Waals surface area contributed by atoms with E-state index in [-0.39, 0.29) is 6.10 Å². The molecular formula is C15H20N2O2. The Morgan fingerprint density at radius 1 is 1.21 bits per heavy atom. The minimum atomic E-state index is 0.204. The second-order valence-electron chi connectivity index (χ2n) is 4.51. The van der Waals surface area contributed by atoms with E-state index < -0.39 is 0 Å². The molecule has 0 aliphatic carbocycles. The van der Waals surface area contributed by atoms with Crippen LogP contribution in [0.3, 0.4) is 0 Å². The number of aromatic nitrogens is 1. The zero-order valence-corrected chi connectivity index (χ0v) is 11.6. The molecule has 2 rings (SSSR count). The summed E-state index contributed by atoms with van der Waals surface area (Å²) in [6.07, 6.45) is 0.204. The van der Waals surface area contributed by atoms with Gasteiger partial charge in [-0.3, -0.25) is 0 Å². The molecule has 1 aromatic heterocycles. The van der Waals surface area contributed by atoms with Crippen molar-refractivity contribution in [2.45, 2.75) is 19.6 Å². The molecule has 1 heterocycles. The van der Waals surface area contributed by atoms with Crippen LogP contribution in [0.25, 0.3) is 10.9 Å². The lowest BCUT2D eigenvalue weighted by molar-refractivity contribution is 0.117. The van der Waals surface area contributed by atoms with Crippen molar-refractivity contribution in [1.82, 2.24) is 10.3 Å². The van der Waals surface area contributed by atoms with E-state index in [2.05, 4.69) is 16.4 Å². The number of ether oxygens (including phenoxy) is 2. The van der Waals surface area contributed by atoms with Crippen LogP contribution in [0.15, 0.2) is 30.3 Å². The Labute approximate surface area is 113 Å². The molecule has 1 unspecified atom stereocenters. The van der Waals surface area contributed by atoms with Gasteiger partial charge in [0.05, 0.1) is 18.9 Å². The van der Waals surface area contributed by atoms with Crippen LogP contribution < -0.4 is 10.1 Å². The van der Waals surface area contributed by atoms with Gasteiger partial charge in [-0.2, -0.15) is 0 Å². The zero-order valence-electron chi connectivity index (χ0n) is 11.6. The summed E-state index contributed by atoms with van der Waals surface area (Å²) in [4.78, 5) is 4.64. The molecule has 0 fully saturated rings. The minimum Gasteiger partial charge on any atom is -0.494 e. The lowest BCUT2D eigenvalue weighted by Crippen LogP contribution is -2.25. The van der Waals surface area contributed by atoms with Crippen molar-refractivity contribution >= 4 is 10.9 Å². The Hall–Kier alpha value is -1.65. The maximum atomic E-state index is 5.34. The third-order valence-corrected chi connectivity index (χ3v) is 3.10. The van der Waals surface area contributed by atoms with Gasteiger partial charge in [-0.25, -0.2) is 4.98 Å². The number of pyridine rings is 1. The van der Waals surface area contributed by atoms with Crippen molar-refractivity contribution in [1.29, 1.82) is 0 Å². The van der Waals surface area contributed by atoms with E-state index in [0.29, 0.717) is 0 Å². The maximum absolute atomic E-state index is 5.34. The topological polar surface area (TPSA) is 43.4 Å². The van der Waals surface area contributed by atoms with Crippen molar-refractivity contribution in [3.05, 3.63) is 36.0 Å². The second-order valence-corrected chi connectivity index (χ2v) is 4.51. The summed E-state index contributed by atoms with van der Waals surface area (Å²) in [5, 5.41) is 4.42. The predicted molar refractivity (Wildman–Crippen MR) is 76.5 cm³/mol. The third-order valence-electron chi connectivity index (χ3n) is 3.10. The highest BCUT2D eigenvalue weighted by atomic mass is 16.5. The van der Waals surface area contributed by atoms with E-state index in [1.807, 2.05) is 31.2 Å². The highest BCUT2D eigenvalue weighted by Gasteiger charge is 2.04. The summed E-state index contributed by atoms with van der Waals surface area (Å²) in [7, 11) is 3.38. The molecule has 102 valence electrons. The predicted octanol–water partition coefficient (Wildman–Crippen LogP) is 2.37. The van der Waals surface area contributed by atoms with E-state index in [1.54, 1.807) is 14.2 Å². The molecule has 0 amide bonds. The normalized spacial score (nSPS) is 12.6. The summed E-state index contributed by atoms with van der Waals surface area (Å²) < 4.78 is 10.5. The third kappa shape index (κ3) is 3.43. The van der Waals surface area contributed by atoms with Gasteiger partial charge in [-0.15, -0.1) is 0 Å². The van der Waals surface area contributed by atoms with Crippen molar-refractivity contribution in [2.75, 3.05) is 20.8 Å². The maximum Gasteiger partial charge on any atom is 0.145 e. The fraction of sp³-hybridized carbons (Fsp3) is 0.400. The quantitative estimate of drug-likeness (QED) is 0.866. The van der Waals surface area contributed by atoms with Gasteiger partial charge in [0.15, 0.2) is 0 Å². The largest absolute Gasteiger partial charge is 0.494 e. The van der Waals surface area contributed by atoms with Gasteiger partial charge in [0.25, 0.3) is 0 Å². The smallest absolute Gasteiger partial charge is 0.145 e. The first-order chi connectivity index (χ1) is 9.24. The van der Waals surface area contributed by atoms with E-state index in [4.69, 9.17) is 9.47 Å². The molecule has 4 heteroatoms. The zero-order chi connectivity index (χ0) is 13.7. The van der Waals surface area contributed by atoms with Crippen molar-refractivity contribution < 1.29 is 9.47 Å². The second kappa shape index (κ2) is 6.50. The lowest BCUT2D eigenvalue weighted by Gasteiger charge is -2.11. The first-order valence-corrected chi connectivity index (χ1v) is 6.40. The van der Waals surface area contributed by atoms with Crippen LogP contribution in [-0.2, 0) is 11.3 Å². The van der Waals surface area contributed by atoms with E-state index in [0.717, 1.165) is 35.4 Å². The van der Waals surface area contributed by atoms with Gasteiger partial charge in [0.2, 0.25) is 0 Å². The first-order valence-electron chi connectivity index (χ1n) is 6.40. The van der Waals surface area contributed by atoms with Crippen LogP contribution in [0.4, 0.5) is 0 Å². The van der Waals surface area contributed by atoms with E-state index in [1.165, 1.54) is 0 Å². The molecule has 1 atom stereocenters. The van der Waals surface area contributed by atoms with Gasteiger partial charge in [0, 0.05) is 25.6 Å². The molecule has 0 saturated carbocycles. The molecule has 0 bridgehead atoms. The average Bonchev–Trinajstić information content (AvgIpc) is 2.46. The van der Waals surface area contributed by atoms with Gasteiger partial charge in [-0.1, -0.05) is 18.2 Å². The summed E-state index contributed by atoms with van der Waals surface area (Å²) in [5.74, 6) is 0.810. The molecule has 0 radical (unpaired) electrons. The van der Waals surface area contributed by atoms with Crippen molar-refractivity contribution in [3.8, 4) is 5.75 Å². The number of rotatable bonds is 6. The summed E-state index contributed by atoms with van der Waals surface area (Å²) >= 11 is 0. The molecule has 0 saturated heterocycles. The van der Waals surface area contributed by atoms with Crippen molar-refractivity contribution in [2.24, 2.45) is 0 Å². The highest BCUT2D eigenvalue weighted by molar-refractivity contribution is 5.84. The van der Waals surface area contributed by atoms with Gasteiger partial charge in [0.1, 0.15) is 11.3 Å². The first kappa shape index (κ1) is 13.8. The van der Waals surface area contributed by atoms with Crippen LogP contribution in [0.1, 0.15) is 12.6 Å². The van der Waals surface area contributed by atoms with Gasteiger partial charge < -0.3 is 14.8 Å². The number of hydrogen-bond acceptors (Lipinski definition) is 4. The van der Waals surface area contributed by atoms with Crippen LogP contribution in [0, 0.1) is 0 Å². The number of benzene rings is 1. The fourth-order valence-corrected chi connectivity index (χ4v) is 1.91. The van der Waals surface area contributed by atoms with Gasteiger partial charge >= 0.3 is 0 Å². The van der Waals surface area contributed by atoms with Crippen LogP contribution in [0.5, 0.6) is 5.75 Å². The number of nitrogens with one attached hydrogen (secondary N) is 1. The molecule has 1 aromatic carbocycles. The minimum absolute atomic E-state index is 0.204. The Balaban J connectivity index is 2.12. The molecule has 0 aliphatic heterocycles. The summed E-state index contributed by atoms with van der Waals surface area (Å²) in [6.45, 7) is 3.56. The lowest BCUT2D eigenvalue weighted by atomic mass is 10.2. The Bertz CT molecular complexity index is 543. The number of methoxy groups -OCH3 is 2. The molecule has 4 nitrogen and oxygen atoms in total. The molecule has 0 aliphatic rings. The molecular weight excluding hydrogens is 240 g/mol. The fourth-order valence-electron chi connectivity index (χ4n) is 1.91. The van der Waals surface area contributed by atoms with Crippen LogP contribution in [0.2, 0.25) is 0 Å². The number of fused-ring (bicyclic) bond motifs is 1. The van der Waals surface area contributed by atoms with Crippen LogP contribution >= 0.6 is 0 Å². The number of para-hydroxylation sites is 1. The number of hydrogen-bond donors (Lipinski definition) is 1.